The average molecular weight is 491 g/mol. The highest BCUT2D eigenvalue weighted by molar-refractivity contribution is 5.83. The number of ether oxygens (including phenoxy) is 1. The maximum atomic E-state index is 15.3. The highest BCUT2D eigenvalue weighted by Gasteiger charge is 2.34. The summed E-state index contributed by atoms with van der Waals surface area (Å²) in [5, 5.41) is 3.36. The van der Waals surface area contributed by atoms with Crippen LogP contribution in [-0.2, 0) is 19.1 Å². The van der Waals surface area contributed by atoms with E-state index in [-0.39, 0.29) is 22.7 Å². The first-order chi connectivity index (χ1) is 16.7. The molecule has 4 aromatic rings. The third-order valence-corrected chi connectivity index (χ3v) is 5.59. The molecular weight excluding hydrogens is 473 g/mol. The molecule has 12 heteroatoms. The van der Waals surface area contributed by atoms with Crippen LogP contribution in [0.3, 0.4) is 0 Å². The highest BCUT2D eigenvalue weighted by atomic mass is 19.4. The fraction of sp³-hybridized carbons (Fsp3) is 0.217. The number of nitrogens with zero attached hydrogens (tertiary/aromatic N) is 3. The van der Waals surface area contributed by atoms with Gasteiger partial charge in [0.2, 0.25) is 5.88 Å². The van der Waals surface area contributed by atoms with E-state index in [2.05, 4.69) is 20.8 Å². The molecule has 0 saturated heterocycles. The van der Waals surface area contributed by atoms with Crippen LogP contribution < -0.4 is 20.5 Å². The number of alkyl halides is 3. The van der Waals surface area contributed by atoms with E-state index < -0.39 is 23.4 Å². The van der Waals surface area contributed by atoms with Gasteiger partial charge < -0.3 is 10.1 Å². The number of hydrogen-bond donors (Lipinski definition) is 2. The van der Waals surface area contributed by atoms with Gasteiger partial charge in [-0.1, -0.05) is 0 Å². The van der Waals surface area contributed by atoms with Gasteiger partial charge in [-0.25, -0.2) is 18.7 Å². The molecule has 0 aliphatic carbocycles. The third kappa shape index (κ3) is 4.32. The van der Waals surface area contributed by atoms with Gasteiger partial charge >= 0.3 is 6.18 Å². The Balaban J connectivity index is 1.42. The van der Waals surface area contributed by atoms with Gasteiger partial charge in [-0.15, -0.1) is 0 Å². The van der Waals surface area contributed by atoms with Crippen LogP contribution in [0.25, 0.3) is 10.9 Å². The topological polar surface area (TPSA) is 73.2 Å². The summed E-state index contributed by atoms with van der Waals surface area (Å²) in [7, 11) is 0. The summed E-state index contributed by atoms with van der Waals surface area (Å²) in [5.41, 5.74) is 3.13. The predicted molar refractivity (Wildman–Crippen MR) is 116 cm³/mol. The summed E-state index contributed by atoms with van der Waals surface area (Å²) in [4.78, 5) is 13.8. The molecule has 0 radical (unpaired) electrons. The molecule has 0 spiro atoms. The van der Waals surface area contributed by atoms with Gasteiger partial charge in [0.1, 0.15) is 12.1 Å². The number of rotatable bonds is 5. The molecule has 35 heavy (non-hydrogen) atoms. The minimum atomic E-state index is -4.86. The zero-order valence-electron chi connectivity index (χ0n) is 18.2. The van der Waals surface area contributed by atoms with Crippen molar-refractivity contribution in [3.63, 3.8) is 0 Å². The van der Waals surface area contributed by atoms with E-state index in [0.29, 0.717) is 36.3 Å². The summed E-state index contributed by atoms with van der Waals surface area (Å²) in [5.74, 6) is -1.83. The summed E-state index contributed by atoms with van der Waals surface area (Å²) in [6.07, 6.45) is -2.86. The second-order valence-electron chi connectivity index (χ2n) is 7.91. The zero-order valence-corrected chi connectivity index (χ0v) is 18.2. The third-order valence-electron chi connectivity index (χ3n) is 5.59. The Kier molecular flexibility index (Phi) is 5.67. The lowest BCUT2D eigenvalue weighted by Crippen LogP contribution is -2.25. The number of aromatic nitrogens is 3. The zero-order chi connectivity index (χ0) is 24.7. The van der Waals surface area contributed by atoms with Gasteiger partial charge in [0.15, 0.2) is 11.6 Å². The minimum absolute atomic E-state index is 0.0459. The molecule has 0 fully saturated rings. The Hall–Kier alpha value is -3.93. The maximum Gasteiger partial charge on any atom is 0.419 e. The lowest BCUT2D eigenvalue weighted by molar-refractivity contribution is -0.139. The normalized spacial score (nSPS) is 13.5. The molecule has 182 valence electrons. The fourth-order valence-electron chi connectivity index (χ4n) is 3.89. The quantitative estimate of drug-likeness (QED) is 0.305. The van der Waals surface area contributed by atoms with Crippen LogP contribution in [0, 0.1) is 18.6 Å². The number of anilines is 1. The Bertz CT molecular complexity index is 1420. The molecule has 2 N–H and O–H groups in total. The fourth-order valence-corrected chi connectivity index (χ4v) is 3.89. The van der Waals surface area contributed by atoms with Crippen LogP contribution in [0.2, 0.25) is 0 Å². The maximum absolute atomic E-state index is 15.3. The van der Waals surface area contributed by atoms with Crippen LogP contribution in [0.1, 0.15) is 22.5 Å². The van der Waals surface area contributed by atoms with Gasteiger partial charge in [-0.05, 0) is 56.3 Å². The second kappa shape index (κ2) is 8.69. The van der Waals surface area contributed by atoms with Crippen molar-refractivity contribution >= 4 is 16.6 Å². The molecule has 0 atom stereocenters. The van der Waals surface area contributed by atoms with Gasteiger partial charge in [-0.3, -0.25) is 4.94 Å². The lowest BCUT2D eigenvalue weighted by Gasteiger charge is -2.18. The van der Waals surface area contributed by atoms with E-state index in [1.807, 2.05) is 0 Å². The molecule has 7 nitrogen and oxygen atoms in total. The van der Waals surface area contributed by atoms with E-state index >= 15 is 4.39 Å². The minimum Gasteiger partial charge on any atom is -0.436 e. The molecule has 2 aromatic carbocycles. The van der Waals surface area contributed by atoms with Gasteiger partial charge in [0.25, 0.3) is 0 Å². The van der Waals surface area contributed by atoms with E-state index in [9.17, 15) is 17.6 Å². The van der Waals surface area contributed by atoms with Crippen LogP contribution in [0.4, 0.5) is 27.6 Å². The SMILES string of the molecule is Cc1cc2c(F)c(Oc3ncnc4c3CCNC4)ccc2n1ONc1ccc(F)c(C(F)(F)F)c1. The van der Waals surface area contributed by atoms with Gasteiger partial charge in [0, 0.05) is 17.5 Å². The molecule has 3 heterocycles. The van der Waals surface area contributed by atoms with Crippen LogP contribution >= 0.6 is 0 Å². The smallest absolute Gasteiger partial charge is 0.419 e. The van der Waals surface area contributed by atoms with Gasteiger partial charge in [-0.2, -0.15) is 23.4 Å². The number of aryl methyl sites for hydroxylation is 1. The average Bonchev–Trinajstić information content (AvgIpc) is 3.15. The van der Waals surface area contributed by atoms with E-state index in [4.69, 9.17) is 9.68 Å². The Morgan fingerprint density at radius 2 is 1.91 bits per heavy atom. The number of benzene rings is 2. The first-order valence-corrected chi connectivity index (χ1v) is 10.5. The molecule has 2 aromatic heterocycles. The van der Waals surface area contributed by atoms with Crippen LogP contribution in [0.5, 0.6) is 11.6 Å². The summed E-state index contributed by atoms with van der Waals surface area (Å²) in [6, 6.07) is 6.82. The van der Waals surface area contributed by atoms with Crippen molar-refractivity contribution in [2.24, 2.45) is 0 Å². The standard InChI is InChI=1S/C23H18F5N5O2/c1-12-8-15-19(33(12)35-32-13-2-3-17(24)16(9-13)23(26,27)28)4-5-20(21(15)25)34-22-14-6-7-29-10-18(14)30-11-31-22/h2-5,8-9,11,29,32H,6-7,10H2,1H3. The van der Waals surface area contributed by atoms with Gasteiger partial charge in [0.05, 0.1) is 28.2 Å². The van der Waals surface area contributed by atoms with Crippen molar-refractivity contribution in [3.8, 4) is 11.6 Å². The first-order valence-electron chi connectivity index (χ1n) is 10.5. The Morgan fingerprint density at radius 3 is 2.71 bits per heavy atom. The Morgan fingerprint density at radius 1 is 1.09 bits per heavy atom. The highest BCUT2D eigenvalue weighted by Crippen LogP contribution is 2.34. The number of fused-ring (bicyclic) bond motifs is 2. The van der Waals surface area contributed by atoms with Crippen molar-refractivity contribution < 1.29 is 31.6 Å². The molecule has 1 aliphatic heterocycles. The number of nitrogens with one attached hydrogen (secondary N) is 2. The summed E-state index contributed by atoms with van der Waals surface area (Å²) in [6.45, 7) is 2.92. The van der Waals surface area contributed by atoms with Crippen molar-refractivity contribution in [2.75, 3.05) is 12.0 Å². The van der Waals surface area contributed by atoms with Crippen LogP contribution in [0.15, 0.2) is 42.7 Å². The van der Waals surface area contributed by atoms with Crippen molar-refractivity contribution in [1.29, 1.82) is 0 Å². The Labute approximate surface area is 195 Å². The molecule has 0 saturated carbocycles. The second-order valence-corrected chi connectivity index (χ2v) is 7.91. The molecule has 5 rings (SSSR count). The summed E-state index contributed by atoms with van der Waals surface area (Å²) < 4.78 is 74.8. The van der Waals surface area contributed by atoms with Crippen molar-refractivity contribution in [3.05, 3.63) is 76.9 Å². The molecule has 0 amide bonds. The number of halogens is 5. The van der Waals surface area contributed by atoms with Crippen molar-refractivity contribution in [1.82, 2.24) is 20.0 Å². The predicted octanol–water partition coefficient (Wildman–Crippen LogP) is 4.93. The van der Waals surface area contributed by atoms with Crippen LogP contribution in [-0.4, -0.2) is 21.2 Å². The molecule has 0 bridgehead atoms. The van der Waals surface area contributed by atoms with E-state index in [1.54, 1.807) is 13.0 Å². The molecule has 1 aliphatic rings. The number of hydrogen-bond acceptors (Lipinski definition) is 6. The molecular formula is C23H18F5N5O2. The first kappa shape index (κ1) is 22.8. The van der Waals surface area contributed by atoms with E-state index in [0.717, 1.165) is 23.9 Å². The monoisotopic (exact) mass is 491 g/mol. The van der Waals surface area contributed by atoms with Crippen molar-refractivity contribution in [2.45, 2.75) is 26.1 Å². The summed E-state index contributed by atoms with van der Waals surface area (Å²) >= 11 is 0. The van der Waals surface area contributed by atoms with E-state index in [1.165, 1.54) is 23.2 Å². The lowest BCUT2D eigenvalue weighted by atomic mass is 10.1. The molecule has 0 unspecified atom stereocenters. The largest absolute Gasteiger partial charge is 0.436 e.